The second-order valence-electron chi connectivity index (χ2n) is 2.81. The number of benzene rings is 1. The zero-order valence-corrected chi connectivity index (χ0v) is 12.6. The summed E-state index contributed by atoms with van der Waals surface area (Å²) in [4.78, 5) is 22.2. The molecule has 0 amide bonds. The van der Waals surface area contributed by atoms with E-state index in [1.807, 2.05) is 27.7 Å². The highest BCUT2D eigenvalue weighted by atomic mass is 16.5. The highest BCUT2D eigenvalue weighted by Gasteiger charge is 2.13. The van der Waals surface area contributed by atoms with Crippen LogP contribution in [-0.4, -0.2) is 18.5 Å². The van der Waals surface area contributed by atoms with Crippen LogP contribution in [-0.2, 0) is 9.53 Å². The van der Waals surface area contributed by atoms with Crippen molar-refractivity contribution in [2.75, 3.05) is 6.61 Å². The lowest BCUT2D eigenvalue weighted by molar-refractivity contribution is -0.131. The van der Waals surface area contributed by atoms with Crippen molar-refractivity contribution >= 4 is 11.9 Å². The van der Waals surface area contributed by atoms with E-state index < -0.39 is 11.9 Å². The first kappa shape index (κ1) is 19.5. The Balaban J connectivity index is 0. The van der Waals surface area contributed by atoms with Gasteiger partial charge < -0.3 is 9.47 Å². The third kappa shape index (κ3) is 7.97. The maximum absolute atomic E-state index is 11.4. The van der Waals surface area contributed by atoms with E-state index in [4.69, 9.17) is 9.47 Å². The van der Waals surface area contributed by atoms with E-state index in [0.717, 1.165) is 0 Å². The van der Waals surface area contributed by atoms with Crippen LogP contribution < -0.4 is 4.74 Å². The first-order valence-electron chi connectivity index (χ1n) is 6.59. The van der Waals surface area contributed by atoms with Gasteiger partial charge >= 0.3 is 11.9 Å². The molecule has 1 aromatic carbocycles. The second-order valence-corrected chi connectivity index (χ2v) is 2.81. The normalized spacial score (nSPS) is 8.11. The minimum Gasteiger partial charge on any atom is -0.462 e. The van der Waals surface area contributed by atoms with Gasteiger partial charge in [-0.2, -0.15) is 0 Å². The summed E-state index contributed by atoms with van der Waals surface area (Å²) >= 11 is 0. The molecule has 0 aliphatic carbocycles. The number of hydrogen-bond acceptors (Lipinski definition) is 4. The fraction of sp³-hybridized carbons (Fsp3) is 0.467. The molecule has 1 aromatic rings. The van der Waals surface area contributed by atoms with Gasteiger partial charge in [0.1, 0.15) is 11.3 Å². The molecule has 0 bridgehead atoms. The van der Waals surface area contributed by atoms with Gasteiger partial charge in [-0.3, -0.25) is 4.79 Å². The van der Waals surface area contributed by atoms with E-state index in [-0.39, 0.29) is 17.9 Å². The second kappa shape index (κ2) is 12.6. The molecule has 0 aromatic heterocycles. The van der Waals surface area contributed by atoms with E-state index in [0.29, 0.717) is 0 Å². The number of carbonyl (C=O) groups excluding carboxylic acids is 2. The maximum Gasteiger partial charge on any atom is 0.341 e. The molecule has 0 aliphatic rings. The first-order chi connectivity index (χ1) is 9.15. The Labute approximate surface area is 115 Å². The predicted octanol–water partition coefficient (Wildman–Crippen LogP) is 3.84. The highest BCUT2D eigenvalue weighted by molar-refractivity contribution is 5.93. The molecule has 108 valence electrons. The number of hydrogen-bond donors (Lipinski definition) is 0. The molecular weight excluding hydrogens is 244 g/mol. The third-order valence-electron chi connectivity index (χ3n) is 1.64. The van der Waals surface area contributed by atoms with E-state index in [2.05, 4.69) is 0 Å². The van der Waals surface area contributed by atoms with E-state index >= 15 is 0 Å². The predicted molar refractivity (Wildman–Crippen MR) is 76.4 cm³/mol. The Kier molecular flexibility index (Phi) is 12.9. The number of carbonyl (C=O) groups is 2. The lowest BCUT2D eigenvalue weighted by atomic mass is 10.2. The van der Waals surface area contributed by atoms with Gasteiger partial charge in [-0.25, -0.2) is 4.79 Å². The van der Waals surface area contributed by atoms with Gasteiger partial charge in [0.15, 0.2) is 0 Å². The average Bonchev–Trinajstić information content (AvgIpc) is 2.43. The topological polar surface area (TPSA) is 52.6 Å². The molecule has 0 radical (unpaired) electrons. The van der Waals surface area contributed by atoms with Gasteiger partial charge in [-0.05, 0) is 19.1 Å². The summed E-state index contributed by atoms with van der Waals surface area (Å²) in [5, 5.41) is 0. The van der Waals surface area contributed by atoms with Crippen LogP contribution in [0.15, 0.2) is 24.3 Å². The van der Waals surface area contributed by atoms with Gasteiger partial charge in [0, 0.05) is 6.92 Å². The Morgan fingerprint density at radius 2 is 1.58 bits per heavy atom. The molecule has 0 spiro atoms. The minimum atomic E-state index is -0.491. The van der Waals surface area contributed by atoms with Crippen LogP contribution in [0.3, 0.4) is 0 Å². The van der Waals surface area contributed by atoms with Crippen molar-refractivity contribution in [1.29, 1.82) is 0 Å². The maximum atomic E-state index is 11.4. The molecule has 0 atom stereocenters. The molecular formula is C15H24O4. The van der Waals surface area contributed by atoms with Gasteiger partial charge in [0.05, 0.1) is 6.61 Å². The number of esters is 2. The Morgan fingerprint density at radius 3 is 2.05 bits per heavy atom. The number of rotatable bonds is 3. The van der Waals surface area contributed by atoms with Gasteiger partial charge in [-0.15, -0.1) is 0 Å². The molecule has 19 heavy (non-hydrogen) atoms. The molecule has 0 unspecified atom stereocenters. The van der Waals surface area contributed by atoms with Crippen LogP contribution in [0.1, 0.15) is 51.9 Å². The van der Waals surface area contributed by atoms with E-state index in [1.54, 1.807) is 31.2 Å². The summed E-state index contributed by atoms with van der Waals surface area (Å²) in [6.45, 7) is 11.3. The van der Waals surface area contributed by atoms with Gasteiger partial charge in [-0.1, -0.05) is 39.8 Å². The Bertz CT molecular complexity index is 372. The molecule has 4 heteroatoms. The lowest BCUT2D eigenvalue weighted by Crippen LogP contribution is -2.10. The van der Waals surface area contributed by atoms with Crippen molar-refractivity contribution in [3.8, 4) is 5.75 Å². The van der Waals surface area contributed by atoms with Crippen molar-refractivity contribution in [3.63, 3.8) is 0 Å². The molecule has 0 heterocycles. The van der Waals surface area contributed by atoms with Crippen molar-refractivity contribution in [1.82, 2.24) is 0 Å². The van der Waals surface area contributed by atoms with Crippen molar-refractivity contribution in [3.05, 3.63) is 29.8 Å². The van der Waals surface area contributed by atoms with Crippen LogP contribution in [0.25, 0.3) is 0 Å². The number of para-hydroxylation sites is 1. The quantitative estimate of drug-likeness (QED) is 0.617. The molecule has 1 rings (SSSR count). The molecule has 0 aliphatic heterocycles. The zero-order valence-electron chi connectivity index (χ0n) is 12.6. The summed E-state index contributed by atoms with van der Waals surface area (Å²) in [6, 6.07) is 6.46. The van der Waals surface area contributed by atoms with Crippen LogP contribution in [0, 0.1) is 0 Å². The van der Waals surface area contributed by atoms with Gasteiger partial charge in [0.2, 0.25) is 0 Å². The highest BCUT2D eigenvalue weighted by Crippen LogP contribution is 2.18. The largest absolute Gasteiger partial charge is 0.462 e. The van der Waals surface area contributed by atoms with Crippen LogP contribution in [0.4, 0.5) is 0 Å². The third-order valence-corrected chi connectivity index (χ3v) is 1.64. The standard InChI is InChI=1S/C11H12O4.2C2H6/c1-3-14-11(13)9-6-4-5-7-10(9)15-8(2)12;2*1-2/h4-7H,3H2,1-2H3;2*1-2H3. The molecule has 0 N–H and O–H groups in total. The van der Waals surface area contributed by atoms with Crippen molar-refractivity contribution in [2.24, 2.45) is 0 Å². The van der Waals surface area contributed by atoms with Crippen molar-refractivity contribution in [2.45, 2.75) is 41.5 Å². The Hall–Kier alpha value is -1.84. The monoisotopic (exact) mass is 268 g/mol. The molecule has 0 saturated heterocycles. The van der Waals surface area contributed by atoms with Crippen LogP contribution in [0.5, 0.6) is 5.75 Å². The summed E-state index contributed by atoms with van der Waals surface area (Å²) in [6.07, 6.45) is 0. The van der Waals surface area contributed by atoms with Gasteiger partial charge in [0.25, 0.3) is 0 Å². The summed E-state index contributed by atoms with van der Waals surface area (Å²) in [5.74, 6) is -0.732. The Morgan fingerprint density at radius 1 is 1.05 bits per heavy atom. The SMILES string of the molecule is CC.CC.CCOC(=O)c1ccccc1OC(C)=O. The fourth-order valence-electron chi connectivity index (χ4n) is 1.09. The molecule has 0 fully saturated rings. The lowest BCUT2D eigenvalue weighted by Gasteiger charge is -2.07. The summed E-state index contributed by atoms with van der Waals surface area (Å²) < 4.78 is 9.69. The van der Waals surface area contributed by atoms with Crippen molar-refractivity contribution < 1.29 is 19.1 Å². The molecule has 0 saturated carbocycles. The minimum absolute atomic E-state index is 0.225. The fourth-order valence-corrected chi connectivity index (χ4v) is 1.09. The summed E-state index contributed by atoms with van der Waals surface area (Å²) in [7, 11) is 0. The van der Waals surface area contributed by atoms with E-state index in [1.165, 1.54) is 6.92 Å². The van der Waals surface area contributed by atoms with Crippen LogP contribution >= 0.6 is 0 Å². The van der Waals surface area contributed by atoms with E-state index in [9.17, 15) is 9.59 Å². The first-order valence-corrected chi connectivity index (χ1v) is 6.59. The average molecular weight is 268 g/mol. The smallest absolute Gasteiger partial charge is 0.341 e. The zero-order chi connectivity index (χ0) is 15.3. The molecule has 4 nitrogen and oxygen atoms in total. The van der Waals surface area contributed by atoms with Crippen LogP contribution in [0.2, 0.25) is 0 Å². The number of ether oxygens (including phenoxy) is 2. The summed E-state index contributed by atoms with van der Waals surface area (Å²) in [5.41, 5.74) is 0.259.